The Morgan fingerprint density at radius 3 is 2.58 bits per heavy atom. The molecule has 0 atom stereocenters. The van der Waals surface area contributed by atoms with Gasteiger partial charge in [0, 0.05) is 29.8 Å². The SMILES string of the molecule is Cc1cncc(-c2cc3cc[nH]c(=O)c3c(Nc3ccc(C4CCN(C)CC4)cc3)n2)c1C. The lowest BCUT2D eigenvalue weighted by Gasteiger charge is -2.29. The molecule has 0 spiro atoms. The van der Waals surface area contributed by atoms with Crippen molar-refractivity contribution in [2.75, 3.05) is 25.5 Å². The molecule has 6 heteroatoms. The first kappa shape index (κ1) is 21.3. The number of likely N-dealkylation sites (tertiary alicyclic amines) is 1. The van der Waals surface area contributed by atoms with Crippen molar-refractivity contribution in [3.63, 3.8) is 0 Å². The maximum Gasteiger partial charge on any atom is 0.259 e. The molecule has 0 saturated carbocycles. The van der Waals surface area contributed by atoms with Crippen LogP contribution < -0.4 is 10.9 Å². The summed E-state index contributed by atoms with van der Waals surface area (Å²) in [6.45, 7) is 6.40. The topological polar surface area (TPSA) is 73.9 Å². The lowest BCUT2D eigenvalue weighted by atomic mass is 9.89. The molecule has 0 aliphatic carbocycles. The number of aromatic amines is 1. The molecule has 33 heavy (non-hydrogen) atoms. The minimum absolute atomic E-state index is 0.156. The summed E-state index contributed by atoms with van der Waals surface area (Å²) in [5.41, 5.74) is 6.15. The molecule has 5 rings (SSSR count). The lowest BCUT2D eigenvalue weighted by molar-refractivity contribution is 0.255. The van der Waals surface area contributed by atoms with Crippen LogP contribution in [0, 0.1) is 13.8 Å². The standard InChI is InChI=1S/C27H29N5O/c1-17-15-28-16-23(18(17)2)24-14-21-8-11-29-27(33)25(21)26(31-24)30-22-6-4-19(5-7-22)20-9-12-32(3)13-10-20/h4-8,11,14-16,20H,9-10,12-13H2,1-3H3,(H,29,33)(H,30,31). The molecule has 0 bridgehead atoms. The first-order chi connectivity index (χ1) is 16.0. The van der Waals surface area contributed by atoms with Gasteiger partial charge in [0.05, 0.1) is 11.1 Å². The van der Waals surface area contributed by atoms with Gasteiger partial charge < -0.3 is 15.2 Å². The van der Waals surface area contributed by atoms with Crippen molar-refractivity contribution in [2.45, 2.75) is 32.6 Å². The Hall–Kier alpha value is -3.51. The predicted molar refractivity (Wildman–Crippen MR) is 134 cm³/mol. The van der Waals surface area contributed by atoms with E-state index in [4.69, 9.17) is 4.98 Å². The zero-order valence-electron chi connectivity index (χ0n) is 19.4. The van der Waals surface area contributed by atoms with Crippen molar-refractivity contribution in [2.24, 2.45) is 0 Å². The molecule has 0 amide bonds. The molecular weight excluding hydrogens is 410 g/mol. The quantitative estimate of drug-likeness (QED) is 0.460. The van der Waals surface area contributed by atoms with E-state index in [1.165, 1.54) is 18.4 Å². The van der Waals surface area contributed by atoms with E-state index in [2.05, 4.69) is 58.4 Å². The second-order valence-corrected chi connectivity index (χ2v) is 9.08. The summed E-state index contributed by atoms with van der Waals surface area (Å²) < 4.78 is 0. The molecule has 168 valence electrons. The Morgan fingerprint density at radius 2 is 1.82 bits per heavy atom. The van der Waals surface area contributed by atoms with Crippen LogP contribution in [0.25, 0.3) is 22.0 Å². The van der Waals surface area contributed by atoms with Crippen molar-refractivity contribution in [3.05, 3.63) is 82.0 Å². The van der Waals surface area contributed by atoms with Gasteiger partial charge in [-0.3, -0.25) is 9.78 Å². The molecule has 1 fully saturated rings. The van der Waals surface area contributed by atoms with Crippen LogP contribution in [0.3, 0.4) is 0 Å². The lowest BCUT2D eigenvalue weighted by Crippen LogP contribution is -2.29. The minimum Gasteiger partial charge on any atom is -0.340 e. The van der Waals surface area contributed by atoms with E-state index in [0.717, 1.165) is 46.5 Å². The van der Waals surface area contributed by atoms with Crippen LogP contribution in [0.15, 0.2) is 59.8 Å². The van der Waals surface area contributed by atoms with Crippen molar-refractivity contribution >= 4 is 22.3 Å². The number of fused-ring (bicyclic) bond motifs is 1. The summed E-state index contributed by atoms with van der Waals surface area (Å²) in [4.78, 5) is 27.1. The van der Waals surface area contributed by atoms with E-state index in [9.17, 15) is 4.79 Å². The van der Waals surface area contributed by atoms with Gasteiger partial charge in [-0.2, -0.15) is 0 Å². The fourth-order valence-electron chi connectivity index (χ4n) is 4.65. The Morgan fingerprint density at radius 1 is 1.06 bits per heavy atom. The average Bonchev–Trinajstić information content (AvgIpc) is 2.82. The maximum atomic E-state index is 12.7. The van der Waals surface area contributed by atoms with Crippen LogP contribution in [-0.2, 0) is 0 Å². The van der Waals surface area contributed by atoms with E-state index in [1.807, 2.05) is 31.5 Å². The number of aryl methyl sites for hydroxylation is 1. The van der Waals surface area contributed by atoms with Crippen molar-refractivity contribution in [1.29, 1.82) is 0 Å². The number of rotatable bonds is 4. The number of aromatic nitrogens is 3. The normalized spacial score (nSPS) is 15.1. The number of hydrogen-bond donors (Lipinski definition) is 2. The first-order valence-electron chi connectivity index (χ1n) is 11.5. The highest BCUT2D eigenvalue weighted by Crippen LogP contribution is 2.31. The van der Waals surface area contributed by atoms with Crippen molar-refractivity contribution in [3.8, 4) is 11.3 Å². The molecule has 4 aromatic rings. The van der Waals surface area contributed by atoms with Gasteiger partial charge in [-0.1, -0.05) is 12.1 Å². The zero-order chi connectivity index (χ0) is 22.9. The number of benzene rings is 1. The molecule has 0 unspecified atom stereocenters. The van der Waals surface area contributed by atoms with Gasteiger partial charge in [0.15, 0.2) is 0 Å². The maximum absolute atomic E-state index is 12.7. The Kier molecular flexibility index (Phi) is 5.68. The molecule has 4 heterocycles. The fourth-order valence-corrected chi connectivity index (χ4v) is 4.65. The summed E-state index contributed by atoms with van der Waals surface area (Å²) in [5, 5.41) is 4.81. The van der Waals surface area contributed by atoms with Crippen molar-refractivity contribution < 1.29 is 0 Å². The molecule has 0 radical (unpaired) electrons. The first-order valence-corrected chi connectivity index (χ1v) is 11.5. The van der Waals surface area contributed by atoms with E-state index < -0.39 is 0 Å². The van der Waals surface area contributed by atoms with Gasteiger partial charge in [0.25, 0.3) is 5.56 Å². The van der Waals surface area contributed by atoms with Crippen LogP contribution in [0.4, 0.5) is 11.5 Å². The average molecular weight is 440 g/mol. The number of nitrogens with zero attached hydrogens (tertiary/aromatic N) is 3. The second kappa shape index (κ2) is 8.79. The third-order valence-electron chi connectivity index (χ3n) is 6.86. The van der Waals surface area contributed by atoms with Gasteiger partial charge in [0.2, 0.25) is 0 Å². The minimum atomic E-state index is -0.156. The highest BCUT2D eigenvalue weighted by Gasteiger charge is 2.18. The Labute approximate surface area is 193 Å². The summed E-state index contributed by atoms with van der Waals surface area (Å²) in [6, 6.07) is 12.4. The van der Waals surface area contributed by atoms with Gasteiger partial charge in [-0.15, -0.1) is 0 Å². The largest absolute Gasteiger partial charge is 0.340 e. The third-order valence-corrected chi connectivity index (χ3v) is 6.86. The highest BCUT2D eigenvalue weighted by molar-refractivity contribution is 5.95. The molecule has 6 nitrogen and oxygen atoms in total. The molecule has 1 saturated heterocycles. The van der Waals surface area contributed by atoms with E-state index in [-0.39, 0.29) is 5.56 Å². The zero-order valence-corrected chi connectivity index (χ0v) is 19.4. The Bertz CT molecular complexity index is 1350. The number of piperidine rings is 1. The fraction of sp³-hybridized carbons (Fsp3) is 0.296. The number of pyridine rings is 3. The molecule has 1 aliphatic heterocycles. The van der Waals surface area contributed by atoms with Crippen LogP contribution in [-0.4, -0.2) is 40.0 Å². The van der Waals surface area contributed by atoms with E-state index in [0.29, 0.717) is 17.1 Å². The van der Waals surface area contributed by atoms with Crippen molar-refractivity contribution in [1.82, 2.24) is 19.9 Å². The van der Waals surface area contributed by atoms with Crippen LogP contribution in [0.1, 0.15) is 35.4 Å². The van der Waals surface area contributed by atoms with Crippen LogP contribution in [0.2, 0.25) is 0 Å². The van der Waals surface area contributed by atoms with Crippen LogP contribution in [0.5, 0.6) is 0 Å². The number of anilines is 2. The summed E-state index contributed by atoms with van der Waals surface area (Å²) >= 11 is 0. The molecular formula is C27H29N5O. The Balaban J connectivity index is 1.52. The van der Waals surface area contributed by atoms with E-state index in [1.54, 1.807) is 6.20 Å². The van der Waals surface area contributed by atoms with E-state index >= 15 is 0 Å². The summed E-state index contributed by atoms with van der Waals surface area (Å²) in [6.07, 6.45) is 7.75. The highest BCUT2D eigenvalue weighted by atomic mass is 16.1. The number of H-pyrrole nitrogens is 1. The predicted octanol–water partition coefficient (Wildman–Crippen LogP) is 5.15. The second-order valence-electron chi connectivity index (χ2n) is 9.08. The number of nitrogens with one attached hydrogen (secondary N) is 2. The smallest absolute Gasteiger partial charge is 0.259 e. The molecule has 1 aliphatic rings. The molecule has 2 N–H and O–H groups in total. The molecule has 3 aromatic heterocycles. The van der Waals surface area contributed by atoms with Gasteiger partial charge >= 0.3 is 0 Å². The van der Waals surface area contributed by atoms with Crippen LogP contribution >= 0.6 is 0 Å². The van der Waals surface area contributed by atoms with Gasteiger partial charge in [0.1, 0.15) is 5.82 Å². The number of hydrogen-bond acceptors (Lipinski definition) is 5. The van der Waals surface area contributed by atoms with Gasteiger partial charge in [-0.25, -0.2) is 4.98 Å². The summed E-state index contributed by atoms with van der Waals surface area (Å²) in [5.74, 6) is 1.16. The van der Waals surface area contributed by atoms with Gasteiger partial charge in [-0.05, 0) is 99.1 Å². The summed E-state index contributed by atoms with van der Waals surface area (Å²) in [7, 11) is 2.19. The third kappa shape index (κ3) is 4.26. The molecule has 1 aromatic carbocycles. The monoisotopic (exact) mass is 439 g/mol.